The van der Waals surface area contributed by atoms with E-state index in [9.17, 15) is 4.79 Å². The molecule has 1 N–H and O–H groups in total. The van der Waals surface area contributed by atoms with Gasteiger partial charge in [-0.05, 0) is 35.9 Å². The molecule has 2 rings (SSSR count). The number of halogens is 1. The fourth-order valence-electron chi connectivity index (χ4n) is 1.61. The molecule has 5 heteroatoms. The molecule has 98 valence electrons. The fourth-order valence-corrected chi connectivity index (χ4v) is 1.85. The lowest BCUT2D eigenvalue weighted by Gasteiger charge is -2.08. The second-order valence-corrected chi connectivity index (χ2v) is 4.29. The van der Waals surface area contributed by atoms with Gasteiger partial charge in [0.1, 0.15) is 11.5 Å². The summed E-state index contributed by atoms with van der Waals surface area (Å²) in [6.07, 6.45) is -0.0811. The van der Waals surface area contributed by atoms with Crippen molar-refractivity contribution < 1.29 is 19.7 Å². The molecule has 0 aliphatic carbocycles. The van der Waals surface area contributed by atoms with Crippen molar-refractivity contribution in [1.82, 2.24) is 0 Å². The quantitative estimate of drug-likeness (QED) is 0.684. The van der Waals surface area contributed by atoms with Gasteiger partial charge < -0.3 is 9.62 Å². The van der Waals surface area contributed by atoms with Gasteiger partial charge in [-0.2, -0.15) is 5.26 Å². The number of benzene rings is 2. The van der Waals surface area contributed by atoms with E-state index in [-0.39, 0.29) is 6.42 Å². The van der Waals surface area contributed by atoms with Crippen LogP contribution in [0.5, 0.6) is 11.5 Å². The molecule has 19 heavy (non-hydrogen) atoms. The third-order valence-corrected chi connectivity index (χ3v) is 2.58. The molecule has 2 aromatic carbocycles. The summed E-state index contributed by atoms with van der Waals surface area (Å²) < 4.78 is 5.62. The van der Waals surface area contributed by atoms with E-state index in [1.165, 1.54) is 0 Å². The molecule has 0 atom stereocenters. The number of hydrogen-bond donors (Lipinski definition) is 1. The first-order chi connectivity index (χ1) is 9.17. The third kappa shape index (κ3) is 3.98. The molecule has 0 spiro atoms. The smallest absolute Gasteiger partial charge is 0.346 e. The average molecular weight is 279 g/mol. The molecule has 0 heterocycles. The van der Waals surface area contributed by atoms with Crippen molar-refractivity contribution in [2.75, 3.05) is 0 Å². The Bertz CT molecular complexity index is 569. The molecule has 2 aromatic rings. The minimum Gasteiger partial charge on any atom is -0.457 e. The van der Waals surface area contributed by atoms with Crippen molar-refractivity contribution in [2.45, 2.75) is 6.42 Å². The minimum atomic E-state index is -0.757. The lowest BCUT2D eigenvalue weighted by molar-refractivity contribution is -0.233. The molecule has 0 aromatic heterocycles. The fraction of sp³-hybridized carbons (Fsp3) is 0.0714. The lowest BCUT2D eigenvalue weighted by Crippen LogP contribution is -2.04. The van der Waals surface area contributed by atoms with Crippen LogP contribution in [0, 0.1) is 0 Å². The molecule has 4 nitrogen and oxygen atoms in total. The van der Waals surface area contributed by atoms with Crippen molar-refractivity contribution in [3.63, 3.8) is 0 Å². The highest BCUT2D eigenvalue weighted by atomic mass is 35.5. The van der Waals surface area contributed by atoms with Crippen LogP contribution in [-0.2, 0) is 16.1 Å². The van der Waals surface area contributed by atoms with Gasteiger partial charge in [0.2, 0.25) is 0 Å². The highest BCUT2D eigenvalue weighted by Crippen LogP contribution is 2.26. The van der Waals surface area contributed by atoms with Crippen LogP contribution in [0.15, 0.2) is 48.5 Å². The van der Waals surface area contributed by atoms with Gasteiger partial charge >= 0.3 is 5.97 Å². The normalized spacial score (nSPS) is 10.0. The largest absolute Gasteiger partial charge is 0.457 e. The number of carbonyl (C=O) groups is 1. The number of para-hydroxylation sites is 1. The van der Waals surface area contributed by atoms with Crippen molar-refractivity contribution >= 4 is 17.6 Å². The number of rotatable bonds is 4. The van der Waals surface area contributed by atoms with Crippen LogP contribution in [0.3, 0.4) is 0 Å². The molecule has 0 fully saturated rings. The molecular weight excluding hydrogens is 268 g/mol. The van der Waals surface area contributed by atoms with Gasteiger partial charge in [-0.1, -0.05) is 29.8 Å². The van der Waals surface area contributed by atoms with Crippen LogP contribution in [0.4, 0.5) is 0 Å². The maximum Gasteiger partial charge on any atom is 0.346 e. The first-order valence-corrected chi connectivity index (χ1v) is 5.92. The molecular formula is C14H11ClO4. The summed E-state index contributed by atoms with van der Waals surface area (Å²) in [5, 5.41) is 8.70. The highest BCUT2D eigenvalue weighted by molar-refractivity contribution is 6.30. The maximum absolute atomic E-state index is 11.0. The van der Waals surface area contributed by atoms with Crippen LogP contribution >= 0.6 is 11.6 Å². The molecule has 0 aliphatic rings. The third-order valence-electron chi connectivity index (χ3n) is 2.36. The van der Waals surface area contributed by atoms with Gasteiger partial charge in [-0.3, -0.25) is 0 Å². The summed E-state index contributed by atoms with van der Waals surface area (Å²) in [4.78, 5) is 14.6. The van der Waals surface area contributed by atoms with Crippen molar-refractivity contribution in [1.29, 1.82) is 0 Å². The standard InChI is InChI=1S/C14H11ClO4/c15-11-6-10(8-14(16)19-17)7-13(9-11)18-12-4-2-1-3-5-12/h1-7,9,17H,8H2. The molecule has 0 unspecified atom stereocenters. The summed E-state index contributed by atoms with van der Waals surface area (Å²) in [7, 11) is 0. The zero-order valence-corrected chi connectivity index (χ0v) is 10.6. The van der Waals surface area contributed by atoms with Gasteiger partial charge in [0.05, 0.1) is 6.42 Å². The zero-order valence-electron chi connectivity index (χ0n) is 9.88. The Balaban J connectivity index is 2.19. The van der Waals surface area contributed by atoms with E-state index in [4.69, 9.17) is 21.6 Å². The second kappa shape index (κ2) is 6.22. The summed E-state index contributed by atoms with van der Waals surface area (Å²) in [5.41, 5.74) is 0.595. The molecule has 0 radical (unpaired) electrons. The van der Waals surface area contributed by atoms with Gasteiger partial charge in [0, 0.05) is 5.02 Å². The number of ether oxygens (including phenoxy) is 1. The van der Waals surface area contributed by atoms with Crippen molar-refractivity contribution in [3.8, 4) is 11.5 Å². The summed E-state index contributed by atoms with van der Waals surface area (Å²) >= 11 is 5.95. The van der Waals surface area contributed by atoms with Gasteiger partial charge in [0.25, 0.3) is 0 Å². The Labute approximate surface area is 115 Å². The van der Waals surface area contributed by atoms with Crippen LogP contribution in [-0.4, -0.2) is 11.2 Å². The number of carbonyl (C=O) groups excluding carboxylic acids is 1. The molecule has 0 saturated heterocycles. The Kier molecular flexibility index (Phi) is 4.39. The van der Waals surface area contributed by atoms with E-state index in [0.29, 0.717) is 22.1 Å². The Morgan fingerprint density at radius 2 is 1.84 bits per heavy atom. The van der Waals surface area contributed by atoms with Crippen molar-refractivity contribution in [3.05, 3.63) is 59.1 Å². The molecule has 0 aliphatic heterocycles. The van der Waals surface area contributed by atoms with E-state index >= 15 is 0 Å². The molecule has 0 bridgehead atoms. The SMILES string of the molecule is O=C(Cc1cc(Cl)cc(Oc2ccccc2)c1)OO. The van der Waals surface area contributed by atoms with Gasteiger partial charge in [-0.25, -0.2) is 4.79 Å². The summed E-state index contributed by atoms with van der Waals surface area (Å²) in [6.45, 7) is 0. The van der Waals surface area contributed by atoms with Crippen LogP contribution in [0.2, 0.25) is 5.02 Å². The predicted octanol–water partition coefficient (Wildman–Crippen LogP) is 3.69. The van der Waals surface area contributed by atoms with Gasteiger partial charge in [0.15, 0.2) is 0 Å². The minimum absolute atomic E-state index is 0.0811. The predicted molar refractivity (Wildman–Crippen MR) is 70.4 cm³/mol. The Hall–Kier alpha value is -2.04. The number of hydrogen-bond acceptors (Lipinski definition) is 4. The monoisotopic (exact) mass is 278 g/mol. The van der Waals surface area contributed by atoms with E-state index in [1.54, 1.807) is 18.2 Å². The topological polar surface area (TPSA) is 55.8 Å². The molecule has 0 saturated carbocycles. The van der Waals surface area contributed by atoms with E-state index in [2.05, 4.69) is 4.89 Å². The highest BCUT2D eigenvalue weighted by Gasteiger charge is 2.08. The lowest BCUT2D eigenvalue weighted by atomic mass is 10.1. The van der Waals surface area contributed by atoms with E-state index < -0.39 is 5.97 Å². The van der Waals surface area contributed by atoms with E-state index in [1.807, 2.05) is 30.3 Å². The zero-order chi connectivity index (χ0) is 13.7. The molecule has 0 amide bonds. The Morgan fingerprint density at radius 3 is 2.53 bits per heavy atom. The first-order valence-electron chi connectivity index (χ1n) is 5.54. The Morgan fingerprint density at radius 1 is 1.11 bits per heavy atom. The van der Waals surface area contributed by atoms with Gasteiger partial charge in [-0.15, -0.1) is 0 Å². The summed E-state index contributed by atoms with van der Waals surface area (Å²) in [6, 6.07) is 14.1. The van der Waals surface area contributed by atoms with Crippen molar-refractivity contribution in [2.24, 2.45) is 0 Å². The van der Waals surface area contributed by atoms with Crippen LogP contribution < -0.4 is 4.74 Å². The van der Waals surface area contributed by atoms with Crippen LogP contribution in [0.1, 0.15) is 5.56 Å². The summed E-state index contributed by atoms with van der Waals surface area (Å²) in [5.74, 6) is 0.424. The average Bonchev–Trinajstić information content (AvgIpc) is 2.39. The van der Waals surface area contributed by atoms with E-state index in [0.717, 1.165) is 0 Å². The second-order valence-electron chi connectivity index (χ2n) is 3.85. The van der Waals surface area contributed by atoms with Crippen LogP contribution in [0.25, 0.3) is 0 Å². The maximum atomic E-state index is 11.0. The first kappa shape index (κ1) is 13.4.